The van der Waals surface area contributed by atoms with E-state index in [0.717, 1.165) is 5.56 Å². The Bertz CT molecular complexity index is 659. The van der Waals surface area contributed by atoms with Crippen molar-refractivity contribution in [3.63, 3.8) is 0 Å². The summed E-state index contributed by atoms with van der Waals surface area (Å²) < 4.78 is 17.5. The molecule has 1 aliphatic heterocycles. The third-order valence-electron chi connectivity index (χ3n) is 4.38. The highest BCUT2D eigenvalue weighted by atomic mass is 16.7. The summed E-state index contributed by atoms with van der Waals surface area (Å²) in [5.41, 5.74) is 3.22. The molecule has 1 saturated heterocycles. The molecule has 1 heterocycles. The van der Waals surface area contributed by atoms with Gasteiger partial charge in [0.25, 0.3) is 0 Å². The lowest BCUT2D eigenvalue weighted by atomic mass is 9.95. The normalized spacial score (nSPS) is 20.2. The van der Waals surface area contributed by atoms with Crippen molar-refractivity contribution in [1.82, 2.24) is 0 Å². The fourth-order valence-corrected chi connectivity index (χ4v) is 2.92. The fraction of sp³-hybridized carbons (Fsp3) is 0.429. The lowest BCUT2D eigenvalue weighted by Crippen LogP contribution is -2.29. The minimum atomic E-state index is -0.504. The summed E-state index contributed by atoms with van der Waals surface area (Å²) in [5.74, 6) is -0.504. The summed E-state index contributed by atoms with van der Waals surface area (Å²) in [6.07, 6.45) is -0.0112. The van der Waals surface area contributed by atoms with Crippen LogP contribution in [0, 0.1) is 0 Å². The first-order chi connectivity index (χ1) is 11.4. The zero-order valence-electron chi connectivity index (χ0n) is 14.9. The van der Waals surface area contributed by atoms with Gasteiger partial charge in [-0.2, -0.15) is 0 Å². The Morgan fingerprint density at radius 2 is 1.62 bits per heavy atom. The van der Waals surface area contributed by atoms with Gasteiger partial charge in [-0.15, -0.1) is 0 Å². The fourth-order valence-electron chi connectivity index (χ4n) is 2.92. The third kappa shape index (κ3) is 4.04. The summed E-state index contributed by atoms with van der Waals surface area (Å²) in [5, 5.41) is 0. The Labute approximate surface area is 144 Å². The average Bonchev–Trinajstić information content (AvgIpc) is 2.93. The maximum Gasteiger partial charge on any atom is 0.163 e. The van der Waals surface area contributed by atoms with Gasteiger partial charge in [0, 0.05) is 0 Å². The average molecular weight is 326 g/mol. The van der Waals surface area contributed by atoms with Crippen molar-refractivity contribution in [2.45, 2.75) is 45.2 Å². The van der Waals surface area contributed by atoms with E-state index >= 15 is 0 Å². The molecular weight excluding hydrogens is 300 g/mol. The number of rotatable bonds is 5. The van der Waals surface area contributed by atoms with Gasteiger partial charge in [0.05, 0.1) is 18.8 Å². The van der Waals surface area contributed by atoms with Crippen LogP contribution >= 0.6 is 0 Å². The molecule has 1 aliphatic rings. The number of benzene rings is 2. The molecule has 24 heavy (non-hydrogen) atoms. The summed E-state index contributed by atoms with van der Waals surface area (Å²) in [4.78, 5) is 0. The highest BCUT2D eigenvalue weighted by Gasteiger charge is 2.34. The molecule has 0 bridgehead atoms. The molecule has 3 rings (SSSR count). The Morgan fingerprint density at radius 1 is 1.00 bits per heavy atom. The van der Waals surface area contributed by atoms with Crippen molar-refractivity contribution >= 4 is 0 Å². The molecule has 0 radical (unpaired) electrons. The first-order valence-corrected chi connectivity index (χ1v) is 8.47. The maximum atomic E-state index is 6.13. The number of hydrogen-bond donors (Lipinski definition) is 0. The Balaban J connectivity index is 1.64. The van der Waals surface area contributed by atoms with Gasteiger partial charge in [-0.3, -0.25) is 0 Å². The van der Waals surface area contributed by atoms with Crippen LogP contribution in [0.4, 0.5) is 0 Å². The number of ether oxygens (including phenoxy) is 3. The lowest BCUT2D eigenvalue weighted by Gasteiger charge is -2.28. The quantitative estimate of drug-likeness (QED) is 0.793. The van der Waals surface area contributed by atoms with Crippen LogP contribution in [-0.4, -0.2) is 25.1 Å². The molecule has 0 saturated carbocycles. The molecule has 2 aromatic carbocycles. The summed E-state index contributed by atoms with van der Waals surface area (Å²) >= 11 is 0. The molecule has 128 valence electrons. The molecule has 3 nitrogen and oxygen atoms in total. The van der Waals surface area contributed by atoms with E-state index in [2.05, 4.69) is 62.4 Å². The van der Waals surface area contributed by atoms with Crippen LogP contribution in [0.3, 0.4) is 0 Å². The van der Waals surface area contributed by atoms with E-state index in [1.165, 1.54) is 11.1 Å². The van der Waals surface area contributed by atoms with Gasteiger partial charge in [-0.05, 0) is 44.4 Å². The molecule has 0 unspecified atom stereocenters. The van der Waals surface area contributed by atoms with Crippen LogP contribution in [0.15, 0.2) is 54.6 Å². The highest BCUT2D eigenvalue weighted by molar-refractivity contribution is 5.63. The smallest absolute Gasteiger partial charge is 0.163 e. The van der Waals surface area contributed by atoms with Gasteiger partial charge in [-0.25, -0.2) is 0 Å². The predicted molar refractivity (Wildman–Crippen MR) is 95.8 cm³/mol. The van der Waals surface area contributed by atoms with Gasteiger partial charge in [0.2, 0.25) is 0 Å². The Morgan fingerprint density at radius 3 is 2.21 bits per heavy atom. The second-order valence-corrected chi connectivity index (χ2v) is 7.22. The van der Waals surface area contributed by atoms with E-state index in [4.69, 9.17) is 14.2 Å². The van der Waals surface area contributed by atoms with Crippen LogP contribution in [-0.2, 0) is 19.8 Å². The zero-order valence-corrected chi connectivity index (χ0v) is 14.9. The molecule has 1 fully saturated rings. The van der Waals surface area contributed by atoms with Gasteiger partial charge in [0.15, 0.2) is 5.79 Å². The molecular formula is C21H26O3. The lowest BCUT2D eigenvalue weighted by molar-refractivity contribution is -0.153. The molecule has 0 amide bonds. The minimum absolute atomic E-state index is 0.0112. The molecule has 0 spiro atoms. The van der Waals surface area contributed by atoms with Crippen molar-refractivity contribution in [2.75, 3.05) is 13.2 Å². The molecule has 3 heteroatoms. The van der Waals surface area contributed by atoms with E-state index < -0.39 is 5.79 Å². The molecule has 0 aliphatic carbocycles. The molecule has 1 atom stereocenters. The first-order valence-electron chi connectivity index (χ1n) is 8.47. The van der Waals surface area contributed by atoms with Crippen LogP contribution in [0.5, 0.6) is 0 Å². The SMILES string of the molecule is CC1(C)OC[C@@H](COC(C)(C)c2ccc(-c3ccccc3)cc2)O1. The Kier molecular flexibility index (Phi) is 4.77. The molecule has 2 aromatic rings. The zero-order chi connectivity index (χ0) is 17.2. The van der Waals surface area contributed by atoms with E-state index in [9.17, 15) is 0 Å². The van der Waals surface area contributed by atoms with Crippen LogP contribution in [0.1, 0.15) is 33.3 Å². The highest BCUT2D eigenvalue weighted by Crippen LogP contribution is 2.29. The van der Waals surface area contributed by atoms with Crippen LogP contribution in [0.25, 0.3) is 11.1 Å². The third-order valence-corrected chi connectivity index (χ3v) is 4.38. The van der Waals surface area contributed by atoms with E-state index in [-0.39, 0.29) is 11.7 Å². The summed E-state index contributed by atoms with van der Waals surface area (Å²) in [6, 6.07) is 19.0. The van der Waals surface area contributed by atoms with Gasteiger partial charge in [-0.1, -0.05) is 54.6 Å². The predicted octanol–water partition coefficient (Wildman–Crippen LogP) is 4.76. The van der Waals surface area contributed by atoms with Crippen LogP contribution in [0.2, 0.25) is 0 Å². The van der Waals surface area contributed by atoms with Crippen molar-refractivity contribution in [1.29, 1.82) is 0 Å². The monoisotopic (exact) mass is 326 g/mol. The minimum Gasteiger partial charge on any atom is -0.368 e. The van der Waals surface area contributed by atoms with E-state index in [1.807, 2.05) is 19.9 Å². The topological polar surface area (TPSA) is 27.7 Å². The molecule has 0 N–H and O–H groups in total. The van der Waals surface area contributed by atoms with Gasteiger partial charge < -0.3 is 14.2 Å². The van der Waals surface area contributed by atoms with Gasteiger partial charge >= 0.3 is 0 Å². The largest absolute Gasteiger partial charge is 0.368 e. The van der Waals surface area contributed by atoms with Gasteiger partial charge in [0.1, 0.15) is 6.10 Å². The van der Waals surface area contributed by atoms with E-state index in [1.54, 1.807) is 0 Å². The maximum absolute atomic E-state index is 6.13. The van der Waals surface area contributed by atoms with Crippen molar-refractivity contribution in [3.8, 4) is 11.1 Å². The van der Waals surface area contributed by atoms with Crippen molar-refractivity contribution < 1.29 is 14.2 Å². The summed E-state index contributed by atoms with van der Waals surface area (Å²) in [6.45, 7) is 9.14. The first kappa shape index (κ1) is 17.2. The van der Waals surface area contributed by atoms with Crippen molar-refractivity contribution in [3.05, 3.63) is 60.2 Å². The second-order valence-electron chi connectivity index (χ2n) is 7.22. The second kappa shape index (κ2) is 6.67. The van der Waals surface area contributed by atoms with E-state index in [0.29, 0.717) is 13.2 Å². The molecule has 0 aromatic heterocycles. The standard InChI is InChI=1S/C21H26O3/c1-20(2,22-14-19-15-23-21(3,4)24-19)18-12-10-17(11-13-18)16-8-6-5-7-9-16/h5-13,19H,14-15H2,1-4H3/t19-/m1/s1. The van der Waals surface area contributed by atoms with Crippen molar-refractivity contribution in [2.24, 2.45) is 0 Å². The van der Waals surface area contributed by atoms with Crippen LogP contribution < -0.4 is 0 Å². The Hall–Kier alpha value is -1.68. The number of hydrogen-bond acceptors (Lipinski definition) is 3. The summed E-state index contributed by atoms with van der Waals surface area (Å²) in [7, 11) is 0.